The molecule has 0 saturated carbocycles. The van der Waals surface area contributed by atoms with Crippen LogP contribution in [0, 0.1) is 0 Å². The summed E-state index contributed by atoms with van der Waals surface area (Å²) < 4.78 is 81.2. The van der Waals surface area contributed by atoms with Gasteiger partial charge in [0.05, 0.1) is 16.9 Å². The molecule has 2 aromatic carbocycles. The van der Waals surface area contributed by atoms with Crippen LogP contribution in [0.5, 0.6) is 0 Å². The number of nitrogens with one attached hydrogen (secondary N) is 1. The lowest BCUT2D eigenvalue weighted by atomic mass is 10.1. The van der Waals surface area contributed by atoms with Crippen molar-refractivity contribution in [3.8, 4) is 11.3 Å². The molecule has 0 saturated heterocycles. The summed E-state index contributed by atoms with van der Waals surface area (Å²) in [5.74, 6) is -1.23. The van der Waals surface area contributed by atoms with Crippen molar-refractivity contribution in [1.82, 2.24) is 14.6 Å². The Kier molecular flexibility index (Phi) is 5.52. The summed E-state index contributed by atoms with van der Waals surface area (Å²) in [7, 11) is 0. The topological polar surface area (TPSA) is 59.3 Å². The number of amides is 1. The van der Waals surface area contributed by atoms with Gasteiger partial charge in [0.2, 0.25) is 0 Å². The number of alkyl halides is 6. The van der Waals surface area contributed by atoms with E-state index in [9.17, 15) is 31.1 Å². The second-order valence-electron chi connectivity index (χ2n) is 6.79. The average Bonchev–Trinajstić information content (AvgIpc) is 3.09. The quantitative estimate of drug-likeness (QED) is 0.345. The summed E-state index contributed by atoms with van der Waals surface area (Å²) in [4.78, 5) is 16.7. The van der Waals surface area contributed by atoms with E-state index >= 15 is 0 Å². The predicted molar refractivity (Wildman–Crippen MR) is 108 cm³/mol. The number of anilines is 1. The van der Waals surface area contributed by atoms with E-state index < -0.39 is 51.6 Å². The third kappa shape index (κ3) is 4.36. The SMILES string of the molecule is O=C(Nc1ccccc1C(F)(F)F)c1nn2c(C(F)(F)F)cc(-c3ccccc3)nc2c1Cl. The molecule has 0 aliphatic carbocycles. The van der Waals surface area contributed by atoms with Gasteiger partial charge in [0.15, 0.2) is 17.0 Å². The lowest BCUT2D eigenvalue weighted by Gasteiger charge is -2.12. The number of hydrogen-bond donors (Lipinski definition) is 1. The lowest BCUT2D eigenvalue weighted by Crippen LogP contribution is -2.18. The van der Waals surface area contributed by atoms with Gasteiger partial charge in [-0.25, -0.2) is 9.50 Å². The molecule has 12 heteroatoms. The Labute approximate surface area is 186 Å². The van der Waals surface area contributed by atoms with Crippen molar-refractivity contribution in [2.45, 2.75) is 12.4 Å². The molecule has 0 fully saturated rings. The molecule has 5 nitrogen and oxygen atoms in total. The Bertz CT molecular complexity index is 1350. The van der Waals surface area contributed by atoms with E-state index in [0.29, 0.717) is 10.1 Å². The van der Waals surface area contributed by atoms with E-state index in [1.807, 2.05) is 5.32 Å². The second kappa shape index (κ2) is 8.07. The molecule has 2 heterocycles. The molecule has 0 radical (unpaired) electrons. The van der Waals surface area contributed by atoms with Gasteiger partial charge in [0, 0.05) is 5.56 Å². The van der Waals surface area contributed by atoms with E-state index in [1.54, 1.807) is 18.2 Å². The Hall–Kier alpha value is -3.60. The first kappa shape index (κ1) is 22.6. The number of hydrogen-bond acceptors (Lipinski definition) is 3. The summed E-state index contributed by atoms with van der Waals surface area (Å²) in [5, 5.41) is 5.08. The zero-order valence-corrected chi connectivity index (χ0v) is 16.9. The normalized spacial score (nSPS) is 12.2. The van der Waals surface area contributed by atoms with E-state index in [-0.39, 0.29) is 5.69 Å². The van der Waals surface area contributed by atoms with Crippen LogP contribution in [0.3, 0.4) is 0 Å². The van der Waals surface area contributed by atoms with Gasteiger partial charge in [0.1, 0.15) is 5.02 Å². The maximum Gasteiger partial charge on any atom is 0.433 e. The van der Waals surface area contributed by atoms with Crippen molar-refractivity contribution in [1.29, 1.82) is 0 Å². The molecule has 0 aliphatic heterocycles. The number of rotatable bonds is 3. The van der Waals surface area contributed by atoms with Crippen LogP contribution in [0.25, 0.3) is 16.9 Å². The first-order chi connectivity index (χ1) is 15.5. The first-order valence-corrected chi connectivity index (χ1v) is 9.54. The van der Waals surface area contributed by atoms with Crippen LogP contribution in [0.1, 0.15) is 21.7 Å². The fraction of sp³-hybridized carbons (Fsp3) is 0.0952. The van der Waals surface area contributed by atoms with Crippen molar-refractivity contribution in [3.63, 3.8) is 0 Å². The van der Waals surface area contributed by atoms with Crippen LogP contribution in [-0.4, -0.2) is 20.5 Å². The van der Waals surface area contributed by atoms with Crippen molar-refractivity contribution in [2.24, 2.45) is 0 Å². The summed E-state index contributed by atoms with van der Waals surface area (Å²) >= 11 is 6.13. The molecule has 4 aromatic rings. The highest BCUT2D eigenvalue weighted by atomic mass is 35.5. The minimum atomic E-state index is -4.89. The maximum absolute atomic E-state index is 13.7. The van der Waals surface area contributed by atoms with Gasteiger partial charge in [-0.05, 0) is 18.2 Å². The van der Waals surface area contributed by atoms with Crippen molar-refractivity contribution < 1.29 is 31.1 Å². The summed E-state index contributed by atoms with van der Waals surface area (Å²) in [5.41, 5.74) is -3.91. The van der Waals surface area contributed by atoms with Crippen molar-refractivity contribution >= 4 is 28.8 Å². The first-order valence-electron chi connectivity index (χ1n) is 9.16. The van der Waals surface area contributed by atoms with Crippen LogP contribution in [-0.2, 0) is 12.4 Å². The molecule has 1 N–H and O–H groups in total. The molecule has 0 unspecified atom stereocenters. The molecular formula is C21H11ClF6N4O. The molecule has 2 aromatic heterocycles. The van der Waals surface area contributed by atoms with Crippen LogP contribution >= 0.6 is 11.6 Å². The van der Waals surface area contributed by atoms with E-state index in [2.05, 4.69) is 10.1 Å². The molecule has 4 rings (SSSR count). The smallest absolute Gasteiger partial charge is 0.320 e. The predicted octanol–water partition coefficient (Wildman–Crippen LogP) is 6.34. The lowest BCUT2D eigenvalue weighted by molar-refractivity contribution is -0.142. The molecule has 170 valence electrons. The van der Waals surface area contributed by atoms with Crippen molar-refractivity contribution in [2.75, 3.05) is 5.32 Å². The number of para-hydroxylation sites is 1. The fourth-order valence-electron chi connectivity index (χ4n) is 3.12. The van der Waals surface area contributed by atoms with Gasteiger partial charge in [-0.15, -0.1) is 0 Å². The highest BCUT2D eigenvalue weighted by Gasteiger charge is 2.37. The Balaban J connectivity index is 1.84. The highest BCUT2D eigenvalue weighted by Crippen LogP contribution is 2.36. The Morgan fingerprint density at radius 1 is 0.909 bits per heavy atom. The maximum atomic E-state index is 13.7. The number of carbonyl (C=O) groups is 1. The molecule has 0 spiro atoms. The van der Waals surface area contributed by atoms with E-state index in [0.717, 1.165) is 24.3 Å². The zero-order valence-electron chi connectivity index (χ0n) is 16.2. The number of carbonyl (C=O) groups excluding carboxylic acids is 1. The van der Waals surface area contributed by atoms with Gasteiger partial charge < -0.3 is 5.32 Å². The largest absolute Gasteiger partial charge is 0.433 e. The summed E-state index contributed by atoms with van der Waals surface area (Å²) in [6.45, 7) is 0. The van der Waals surface area contributed by atoms with Gasteiger partial charge in [-0.1, -0.05) is 54.1 Å². The zero-order chi connectivity index (χ0) is 24.0. The molecule has 0 atom stereocenters. The Morgan fingerprint density at radius 3 is 2.18 bits per heavy atom. The minimum Gasteiger partial charge on any atom is -0.320 e. The van der Waals surface area contributed by atoms with Gasteiger partial charge in [0.25, 0.3) is 5.91 Å². The minimum absolute atomic E-state index is 0.0772. The number of halogens is 7. The number of aromatic nitrogens is 3. The monoisotopic (exact) mass is 484 g/mol. The van der Waals surface area contributed by atoms with Gasteiger partial charge in [-0.3, -0.25) is 4.79 Å². The van der Waals surface area contributed by atoms with E-state index in [4.69, 9.17) is 11.6 Å². The van der Waals surface area contributed by atoms with Crippen LogP contribution in [0.2, 0.25) is 5.02 Å². The number of nitrogens with zero attached hydrogens (tertiary/aromatic N) is 3. The molecule has 0 bridgehead atoms. The third-order valence-electron chi connectivity index (χ3n) is 4.59. The van der Waals surface area contributed by atoms with Gasteiger partial charge >= 0.3 is 12.4 Å². The molecular weight excluding hydrogens is 474 g/mol. The molecule has 1 amide bonds. The summed E-state index contributed by atoms with van der Waals surface area (Å²) in [6.07, 6.45) is -9.67. The number of fused-ring (bicyclic) bond motifs is 1. The fourth-order valence-corrected chi connectivity index (χ4v) is 3.36. The standard InChI is InChI=1S/C21H11ClF6N4O/c22-16-17(19(33)30-13-9-5-4-8-12(13)20(23,24)25)31-32-15(21(26,27)28)10-14(29-18(16)32)11-6-2-1-3-7-11/h1-10H,(H,30,33). The van der Waals surface area contributed by atoms with Crippen molar-refractivity contribution in [3.05, 3.63) is 82.6 Å². The average molecular weight is 485 g/mol. The van der Waals surface area contributed by atoms with Crippen LogP contribution in [0.15, 0.2) is 60.7 Å². The van der Waals surface area contributed by atoms with Crippen LogP contribution < -0.4 is 5.32 Å². The Morgan fingerprint density at radius 2 is 1.55 bits per heavy atom. The second-order valence-corrected chi connectivity index (χ2v) is 7.16. The van der Waals surface area contributed by atoms with E-state index in [1.165, 1.54) is 18.2 Å². The third-order valence-corrected chi connectivity index (χ3v) is 4.94. The number of benzene rings is 2. The van der Waals surface area contributed by atoms with Crippen LogP contribution in [0.4, 0.5) is 32.0 Å². The van der Waals surface area contributed by atoms with Gasteiger partial charge in [-0.2, -0.15) is 31.4 Å². The molecule has 33 heavy (non-hydrogen) atoms. The summed E-state index contributed by atoms with van der Waals surface area (Å²) in [6, 6.07) is 12.8. The highest BCUT2D eigenvalue weighted by molar-refractivity contribution is 6.37. The molecule has 0 aliphatic rings.